The van der Waals surface area contributed by atoms with Crippen molar-refractivity contribution >= 4 is 22.2 Å². The second kappa shape index (κ2) is 9.57. The summed E-state index contributed by atoms with van der Waals surface area (Å²) in [6.45, 7) is 11.9. The summed E-state index contributed by atoms with van der Waals surface area (Å²) in [6, 6.07) is 3.90. The van der Waals surface area contributed by atoms with Gasteiger partial charge < -0.3 is 14.7 Å². The Labute approximate surface area is 179 Å². The number of hydrogen-bond acceptors (Lipinski definition) is 6. The smallest absolute Gasteiger partial charge is 0.245 e. The Hall–Kier alpha value is -1.46. The zero-order valence-electron chi connectivity index (χ0n) is 18.4. The van der Waals surface area contributed by atoms with Gasteiger partial charge in [-0.05, 0) is 63.3 Å². The number of amides is 1. The van der Waals surface area contributed by atoms with Crippen LogP contribution >= 0.6 is 11.3 Å². The maximum absolute atomic E-state index is 13.0. The van der Waals surface area contributed by atoms with Crippen molar-refractivity contribution in [3.63, 3.8) is 0 Å². The monoisotopic (exact) mass is 417 g/mol. The van der Waals surface area contributed by atoms with Crippen LogP contribution in [-0.4, -0.2) is 86.6 Å². The van der Waals surface area contributed by atoms with E-state index in [-0.39, 0.29) is 17.4 Å². The molecule has 0 unspecified atom stereocenters. The molecule has 1 amide bonds. The van der Waals surface area contributed by atoms with Crippen molar-refractivity contribution in [1.82, 2.24) is 14.7 Å². The van der Waals surface area contributed by atoms with Gasteiger partial charge in [-0.3, -0.25) is 9.69 Å². The first-order valence-electron chi connectivity index (χ1n) is 10.7. The molecule has 1 aromatic heterocycles. The summed E-state index contributed by atoms with van der Waals surface area (Å²) in [6.07, 6.45) is 3.50. The van der Waals surface area contributed by atoms with E-state index in [4.69, 9.17) is 0 Å². The summed E-state index contributed by atoms with van der Waals surface area (Å²) >= 11 is 1.48. The molecule has 0 saturated carbocycles. The van der Waals surface area contributed by atoms with Gasteiger partial charge in [0, 0.05) is 32.7 Å². The predicted octanol–water partition coefficient (Wildman–Crippen LogP) is 2.71. The molecule has 2 aliphatic heterocycles. The third-order valence-corrected chi connectivity index (χ3v) is 7.03. The summed E-state index contributed by atoms with van der Waals surface area (Å²) in [5, 5.41) is 12.0. The summed E-state index contributed by atoms with van der Waals surface area (Å²) in [5.41, 5.74) is 0.703. The topological polar surface area (TPSA) is 53.8 Å². The van der Waals surface area contributed by atoms with Gasteiger partial charge >= 0.3 is 0 Å². The van der Waals surface area contributed by atoms with Gasteiger partial charge in [0.15, 0.2) is 0 Å². The van der Waals surface area contributed by atoms with E-state index in [9.17, 15) is 10.1 Å². The Morgan fingerprint density at radius 2 is 1.97 bits per heavy atom. The van der Waals surface area contributed by atoms with Crippen molar-refractivity contribution in [2.45, 2.75) is 39.2 Å². The average molecular weight is 418 g/mol. The number of carbonyl (C=O) groups is 1. The summed E-state index contributed by atoms with van der Waals surface area (Å²) in [5.74, 6) is 0.129. The van der Waals surface area contributed by atoms with Gasteiger partial charge in [-0.15, -0.1) is 11.3 Å². The third kappa shape index (κ3) is 5.58. The number of rotatable bonds is 9. The van der Waals surface area contributed by atoms with E-state index in [0.29, 0.717) is 12.1 Å². The lowest BCUT2D eigenvalue weighted by Crippen LogP contribution is -2.47. The molecular weight excluding hydrogens is 382 g/mol. The van der Waals surface area contributed by atoms with E-state index in [1.54, 1.807) is 11.0 Å². The van der Waals surface area contributed by atoms with Gasteiger partial charge in [0.2, 0.25) is 5.91 Å². The fourth-order valence-electron chi connectivity index (χ4n) is 4.83. The fraction of sp³-hybridized carbons (Fsp3) is 0.727. The number of thiophene rings is 1. The van der Waals surface area contributed by atoms with E-state index in [0.717, 1.165) is 37.6 Å². The van der Waals surface area contributed by atoms with Gasteiger partial charge in [0.1, 0.15) is 11.1 Å². The Balaban J connectivity index is 1.51. The molecule has 0 spiro atoms. The Morgan fingerprint density at radius 1 is 1.24 bits per heavy atom. The molecule has 160 valence electrons. The highest BCUT2D eigenvalue weighted by Crippen LogP contribution is 2.32. The highest BCUT2D eigenvalue weighted by molar-refractivity contribution is 7.14. The maximum Gasteiger partial charge on any atom is 0.245 e. The van der Waals surface area contributed by atoms with Crippen molar-refractivity contribution in [2.75, 3.05) is 64.8 Å². The van der Waals surface area contributed by atoms with Crippen molar-refractivity contribution in [3.05, 3.63) is 17.0 Å². The Kier molecular flexibility index (Phi) is 7.33. The second-order valence-electron chi connectivity index (χ2n) is 9.41. The lowest BCUT2D eigenvalue weighted by Gasteiger charge is -2.36. The molecule has 0 N–H and O–H groups in total. The molecule has 2 fully saturated rings. The number of nitriles is 1. The summed E-state index contributed by atoms with van der Waals surface area (Å²) in [7, 11) is 4.28. The summed E-state index contributed by atoms with van der Waals surface area (Å²) in [4.78, 5) is 22.0. The average Bonchev–Trinajstić information content (AvgIpc) is 3.39. The minimum absolute atomic E-state index is 0.0992. The summed E-state index contributed by atoms with van der Waals surface area (Å²) < 4.78 is 0. The van der Waals surface area contributed by atoms with Crippen LogP contribution in [0.4, 0.5) is 5.00 Å². The number of hydrogen-bond donors (Lipinski definition) is 0. The minimum Gasteiger partial charge on any atom is -0.305 e. The van der Waals surface area contributed by atoms with Crippen LogP contribution in [0.1, 0.15) is 38.7 Å². The van der Waals surface area contributed by atoms with E-state index in [2.05, 4.69) is 48.7 Å². The minimum atomic E-state index is -0.0992. The molecular formula is C22H35N5OS. The molecule has 3 rings (SSSR count). The molecule has 1 atom stereocenters. The van der Waals surface area contributed by atoms with Crippen molar-refractivity contribution in [2.24, 2.45) is 5.41 Å². The molecule has 2 saturated heterocycles. The van der Waals surface area contributed by atoms with E-state index in [1.807, 2.05) is 5.38 Å². The van der Waals surface area contributed by atoms with Crippen LogP contribution in [0.2, 0.25) is 0 Å². The van der Waals surface area contributed by atoms with Crippen LogP contribution in [-0.2, 0) is 4.79 Å². The lowest BCUT2D eigenvalue weighted by atomic mass is 9.91. The number of nitrogens with zero attached hydrogens (tertiary/aromatic N) is 5. The standard InChI is InChI=1S/C22H35N5OS/c1-22(2,16-24(3)12-13-26-9-5-6-10-26)17-25(4)19-7-11-27(20(19)28)21-18(15-23)8-14-29-21/h8,14,19H,5-7,9-13,16-17H2,1-4H3/t19-/m1/s1. The van der Waals surface area contributed by atoms with Gasteiger partial charge in [-0.2, -0.15) is 5.26 Å². The van der Waals surface area contributed by atoms with Gasteiger partial charge in [0.05, 0.1) is 11.6 Å². The van der Waals surface area contributed by atoms with E-state index < -0.39 is 0 Å². The molecule has 0 aromatic carbocycles. The lowest BCUT2D eigenvalue weighted by molar-refractivity contribution is -0.121. The first-order valence-corrected chi connectivity index (χ1v) is 11.6. The quantitative estimate of drug-likeness (QED) is 0.618. The largest absolute Gasteiger partial charge is 0.305 e. The first kappa shape index (κ1) is 22.2. The number of likely N-dealkylation sites (tertiary alicyclic amines) is 1. The van der Waals surface area contributed by atoms with Crippen molar-refractivity contribution in [3.8, 4) is 6.07 Å². The SMILES string of the molecule is CN(CCN1CCCC1)CC(C)(C)CN(C)[C@@H]1CCN(c2sccc2C#N)C1=O. The van der Waals surface area contributed by atoms with Crippen LogP contribution in [0, 0.1) is 16.7 Å². The molecule has 1 aromatic rings. The second-order valence-corrected chi connectivity index (χ2v) is 10.3. The molecule has 7 heteroatoms. The van der Waals surface area contributed by atoms with Gasteiger partial charge in [0.25, 0.3) is 0 Å². The molecule has 2 aliphatic rings. The zero-order valence-corrected chi connectivity index (χ0v) is 19.2. The van der Waals surface area contributed by atoms with E-state index in [1.165, 1.54) is 37.3 Å². The number of carbonyl (C=O) groups excluding carboxylic acids is 1. The highest BCUT2D eigenvalue weighted by atomic mass is 32.1. The third-order valence-electron chi connectivity index (χ3n) is 6.09. The van der Waals surface area contributed by atoms with Crippen LogP contribution < -0.4 is 4.90 Å². The molecule has 3 heterocycles. The number of anilines is 1. The van der Waals surface area contributed by atoms with Gasteiger partial charge in [-0.25, -0.2) is 0 Å². The van der Waals surface area contributed by atoms with E-state index >= 15 is 0 Å². The maximum atomic E-state index is 13.0. The van der Waals surface area contributed by atoms with Crippen LogP contribution in [0.15, 0.2) is 11.4 Å². The predicted molar refractivity (Wildman–Crippen MR) is 119 cm³/mol. The Morgan fingerprint density at radius 3 is 2.66 bits per heavy atom. The number of likely N-dealkylation sites (N-methyl/N-ethyl adjacent to an activating group) is 2. The molecule has 6 nitrogen and oxygen atoms in total. The van der Waals surface area contributed by atoms with Gasteiger partial charge in [-0.1, -0.05) is 13.8 Å². The normalized spacial score (nSPS) is 20.9. The zero-order chi connectivity index (χ0) is 21.0. The molecule has 29 heavy (non-hydrogen) atoms. The Bertz CT molecular complexity index is 734. The van der Waals surface area contributed by atoms with Crippen molar-refractivity contribution in [1.29, 1.82) is 5.26 Å². The molecule has 0 radical (unpaired) electrons. The molecule has 0 aliphatic carbocycles. The molecule has 0 bridgehead atoms. The van der Waals surface area contributed by atoms with Crippen LogP contribution in [0.25, 0.3) is 0 Å². The highest BCUT2D eigenvalue weighted by Gasteiger charge is 2.38. The van der Waals surface area contributed by atoms with Crippen LogP contribution in [0.5, 0.6) is 0 Å². The van der Waals surface area contributed by atoms with Crippen LogP contribution in [0.3, 0.4) is 0 Å². The first-order chi connectivity index (χ1) is 13.8. The fourth-order valence-corrected chi connectivity index (χ4v) is 5.72. The van der Waals surface area contributed by atoms with Crippen molar-refractivity contribution < 1.29 is 4.79 Å².